The Labute approximate surface area is 187 Å². The van der Waals surface area contributed by atoms with E-state index < -0.39 is 0 Å². The summed E-state index contributed by atoms with van der Waals surface area (Å²) in [6, 6.07) is 11.0. The number of aliphatic imine (C=N–C) groups is 1. The van der Waals surface area contributed by atoms with Gasteiger partial charge >= 0.3 is 0 Å². The van der Waals surface area contributed by atoms with Crippen LogP contribution in [0.1, 0.15) is 38.2 Å². The van der Waals surface area contributed by atoms with Crippen LogP contribution in [0.25, 0.3) is 0 Å². The van der Waals surface area contributed by atoms with E-state index in [2.05, 4.69) is 59.3 Å². The molecule has 2 unspecified atom stereocenters. The molecule has 1 aromatic rings. The largest absolute Gasteiger partial charge is 0.379 e. The maximum Gasteiger partial charge on any atom is 0.193 e. The number of nitrogens with one attached hydrogen (secondary N) is 1. The van der Waals surface area contributed by atoms with Gasteiger partial charge in [0.2, 0.25) is 0 Å². The Bertz CT molecular complexity index is 577. The fraction of sp³-hybridized carbons (Fsp3) is 0.682. The summed E-state index contributed by atoms with van der Waals surface area (Å²) < 4.78 is 5.42. The molecule has 2 heterocycles. The minimum atomic E-state index is 0. The van der Waals surface area contributed by atoms with E-state index in [1.807, 2.05) is 0 Å². The SMILES string of the molecule is CCNC(=NCCCN1CCOCC1)N1CCC(c2ccccc2)C(C)C1.I. The van der Waals surface area contributed by atoms with Gasteiger partial charge in [0.1, 0.15) is 0 Å². The quantitative estimate of drug-likeness (QED) is 0.281. The fourth-order valence-electron chi connectivity index (χ4n) is 4.26. The summed E-state index contributed by atoms with van der Waals surface area (Å²) in [4.78, 5) is 9.87. The minimum absolute atomic E-state index is 0. The highest BCUT2D eigenvalue weighted by Crippen LogP contribution is 2.32. The molecule has 0 radical (unpaired) electrons. The topological polar surface area (TPSA) is 40.1 Å². The van der Waals surface area contributed by atoms with Crippen molar-refractivity contribution in [3.05, 3.63) is 35.9 Å². The maximum absolute atomic E-state index is 5.42. The lowest BCUT2D eigenvalue weighted by Crippen LogP contribution is -2.48. The molecule has 0 amide bonds. The van der Waals surface area contributed by atoms with Crippen LogP contribution < -0.4 is 5.32 Å². The van der Waals surface area contributed by atoms with Gasteiger partial charge < -0.3 is 15.0 Å². The van der Waals surface area contributed by atoms with Gasteiger partial charge in [-0.3, -0.25) is 9.89 Å². The van der Waals surface area contributed by atoms with Crippen molar-refractivity contribution in [1.82, 2.24) is 15.1 Å². The number of piperidine rings is 1. The van der Waals surface area contributed by atoms with E-state index in [0.29, 0.717) is 11.8 Å². The second kappa shape index (κ2) is 12.6. The maximum atomic E-state index is 5.42. The van der Waals surface area contributed by atoms with Gasteiger partial charge in [0.05, 0.1) is 13.2 Å². The summed E-state index contributed by atoms with van der Waals surface area (Å²) in [5.74, 6) is 2.39. The first kappa shape index (κ1) is 23.4. The summed E-state index contributed by atoms with van der Waals surface area (Å²) >= 11 is 0. The van der Waals surface area contributed by atoms with Crippen molar-refractivity contribution in [1.29, 1.82) is 0 Å². The van der Waals surface area contributed by atoms with Crippen LogP contribution in [0.4, 0.5) is 0 Å². The summed E-state index contributed by atoms with van der Waals surface area (Å²) in [6.45, 7) is 13.5. The van der Waals surface area contributed by atoms with Crippen molar-refractivity contribution in [2.24, 2.45) is 10.9 Å². The average molecular weight is 500 g/mol. The van der Waals surface area contributed by atoms with Crippen LogP contribution in [0, 0.1) is 5.92 Å². The Balaban J connectivity index is 0.00000280. The number of halogens is 1. The van der Waals surface area contributed by atoms with E-state index >= 15 is 0 Å². The number of hydrogen-bond acceptors (Lipinski definition) is 3. The fourth-order valence-corrected chi connectivity index (χ4v) is 4.26. The number of morpholine rings is 1. The number of guanidine groups is 1. The molecule has 2 saturated heterocycles. The highest BCUT2D eigenvalue weighted by Gasteiger charge is 2.28. The summed E-state index contributed by atoms with van der Waals surface area (Å²) in [7, 11) is 0. The summed E-state index contributed by atoms with van der Waals surface area (Å²) in [5, 5.41) is 3.51. The average Bonchev–Trinajstić information content (AvgIpc) is 2.71. The van der Waals surface area contributed by atoms with Gasteiger partial charge in [-0.2, -0.15) is 0 Å². The number of ether oxygens (including phenoxy) is 1. The third kappa shape index (κ3) is 6.88. The van der Waals surface area contributed by atoms with Gasteiger partial charge in [0.15, 0.2) is 5.96 Å². The van der Waals surface area contributed by atoms with E-state index in [1.165, 1.54) is 12.0 Å². The zero-order valence-electron chi connectivity index (χ0n) is 17.5. The van der Waals surface area contributed by atoms with Gasteiger partial charge in [0.25, 0.3) is 0 Å². The molecule has 158 valence electrons. The number of hydrogen-bond donors (Lipinski definition) is 1. The first-order valence-corrected chi connectivity index (χ1v) is 10.7. The van der Waals surface area contributed by atoms with Crippen LogP contribution >= 0.6 is 24.0 Å². The Hall–Kier alpha value is -0.860. The molecule has 3 rings (SSSR count). The monoisotopic (exact) mass is 500 g/mol. The van der Waals surface area contributed by atoms with Crippen LogP contribution in [-0.2, 0) is 4.74 Å². The normalized spacial score (nSPS) is 23.9. The highest BCUT2D eigenvalue weighted by atomic mass is 127. The smallest absolute Gasteiger partial charge is 0.193 e. The lowest BCUT2D eigenvalue weighted by atomic mass is 9.82. The first-order chi connectivity index (χ1) is 13.3. The molecule has 0 saturated carbocycles. The number of benzene rings is 1. The van der Waals surface area contributed by atoms with Crippen molar-refractivity contribution >= 4 is 29.9 Å². The van der Waals surface area contributed by atoms with Gasteiger partial charge in [-0.15, -0.1) is 24.0 Å². The molecule has 0 spiro atoms. The van der Waals surface area contributed by atoms with Crippen molar-refractivity contribution in [3.8, 4) is 0 Å². The number of nitrogens with zero attached hydrogens (tertiary/aromatic N) is 3. The first-order valence-electron chi connectivity index (χ1n) is 10.7. The van der Waals surface area contributed by atoms with E-state index in [4.69, 9.17) is 9.73 Å². The van der Waals surface area contributed by atoms with Crippen molar-refractivity contribution in [2.45, 2.75) is 32.6 Å². The van der Waals surface area contributed by atoms with E-state index in [1.54, 1.807) is 0 Å². The molecule has 1 aromatic carbocycles. The number of likely N-dealkylation sites (tertiary alicyclic amines) is 1. The lowest BCUT2D eigenvalue weighted by molar-refractivity contribution is 0.0377. The molecular formula is C22H37IN4O. The predicted octanol–water partition coefficient (Wildman–Crippen LogP) is 3.42. The third-order valence-corrected chi connectivity index (χ3v) is 5.77. The molecule has 2 fully saturated rings. The Morgan fingerprint density at radius 3 is 2.61 bits per heavy atom. The highest BCUT2D eigenvalue weighted by molar-refractivity contribution is 14.0. The van der Waals surface area contributed by atoms with Crippen LogP contribution in [0.5, 0.6) is 0 Å². The second-order valence-electron chi connectivity index (χ2n) is 7.77. The zero-order valence-corrected chi connectivity index (χ0v) is 19.8. The molecule has 0 aliphatic carbocycles. The van der Waals surface area contributed by atoms with Crippen LogP contribution in [0.15, 0.2) is 35.3 Å². The second-order valence-corrected chi connectivity index (χ2v) is 7.77. The summed E-state index contributed by atoms with van der Waals surface area (Å²) in [5.41, 5.74) is 1.48. The Kier molecular flexibility index (Phi) is 10.6. The predicted molar refractivity (Wildman–Crippen MR) is 128 cm³/mol. The van der Waals surface area contributed by atoms with E-state index in [9.17, 15) is 0 Å². The molecule has 2 aliphatic heterocycles. The van der Waals surface area contributed by atoms with E-state index in [-0.39, 0.29) is 24.0 Å². The Morgan fingerprint density at radius 1 is 1.18 bits per heavy atom. The molecule has 5 nitrogen and oxygen atoms in total. The standard InChI is InChI=1S/C22H36N4O.HI/c1-3-23-22(24-11-7-12-25-14-16-27-17-15-25)26-13-10-21(19(2)18-26)20-8-5-4-6-9-20;/h4-6,8-9,19,21H,3,7,10-18H2,1-2H3,(H,23,24);1H. The molecule has 1 N–H and O–H groups in total. The van der Waals surface area contributed by atoms with Gasteiger partial charge in [-0.05, 0) is 37.2 Å². The zero-order chi connectivity index (χ0) is 18.9. The van der Waals surface area contributed by atoms with Gasteiger partial charge in [-0.1, -0.05) is 37.3 Å². The van der Waals surface area contributed by atoms with Crippen molar-refractivity contribution in [3.63, 3.8) is 0 Å². The summed E-state index contributed by atoms with van der Waals surface area (Å²) in [6.07, 6.45) is 2.31. The molecule has 2 aliphatic rings. The molecule has 2 atom stereocenters. The molecule has 28 heavy (non-hydrogen) atoms. The van der Waals surface area contributed by atoms with Crippen molar-refractivity contribution < 1.29 is 4.74 Å². The number of rotatable bonds is 6. The van der Waals surface area contributed by atoms with E-state index in [0.717, 1.165) is 71.4 Å². The molecular weight excluding hydrogens is 463 g/mol. The van der Waals surface area contributed by atoms with Crippen LogP contribution in [0.2, 0.25) is 0 Å². The molecule has 6 heteroatoms. The minimum Gasteiger partial charge on any atom is -0.379 e. The van der Waals surface area contributed by atoms with Gasteiger partial charge in [0, 0.05) is 45.8 Å². The molecule has 0 bridgehead atoms. The van der Waals surface area contributed by atoms with Crippen LogP contribution in [0.3, 0.4) is 0 Å². The molecule has 0 aromatic heterocycles. The third-order valence-electron chi connectivity index (χ3n) is 5.77. The Morgan fingerprint density at radius 2 is 1.93 bits per heavy atom. The lowest BCUT2D eigenvalue weighted by Gasteiger charge is -2.39. The van der Waals surface area contributed by atoms with Crippen molar-refractivity contribution in [2.75, 3.05) is 59.0 Å². The van der Waals surface area contributed by atoms with Gasteiger partial charge in [-0.25, -0.2) is 0 Å². The van der Waals surface area contributed by atoms with Crippen LogP contribution in [-0.4, -0.2) is 74.8 Å².